The van der Waals surface area contributed by atoms with Crippen molar-refractivity contribution in [3.8, 4) is 0 Å². The van der Waals surface area contributed by atoms with Crippen molar-refractivity contribution in [3.63, 3.8) is 0 Å². The predicted octanol–water partition coefficient (Wildman–Crippen LogP) is 2.09. The maximum absolute atomic E-state index is 12.8. The first-order valence-corrected chi connectivity index (χ1v) is 9.33. The first-order chi connectivity index (χ1) is 11.1. The predicted molar refractivity (Wildman–Crippen MR) is 80.9 cm³/mol. The van der Waals surface area contributed by atoms with E-state index in [-0.39, 0.29) is 17.5 Å². The molecule has 0 aromatic carbocycles. The second-order valence-corrected chi connectivity index (χ2v) is 8.02. The van der Waals surface area contributed by atoms with Gasteiger partial charge < -0.3 is 4.42 Å². The monoisotopic (exact) mass is 334 g/mol. The van der Waals surface area contributed by atoms with Crippen LogP contribution in [-0.2, 0) is 16.6 Å². The van der Waals surface area contributed by atoms with Crippen molar-refractivity contribution >= 4 is 10.0 Å². The third-order valence-electron chi connectivity index (χ3n) is 4.42. The Labute approximate surface area is 134 Å². The van der Waals surface area contributed by atoms with Crippen molar-refractivity contribution in [1.82, 2.24) is 19.5 Å². The lowest BCUT2D eigenvalue weighted by Crippen LogP contribution is -2.32. The van der Waals surface area contributed by atoms with E-state index in [0.717, 1.165) is 25.7 Å². The maximum Gasteiger partial charge on any atom is 0.245 e. The smallest absolute Gasteiger partial charge is 0.245 e. The second-order valence-electron chi connectivity index (χ2n) is 6.13. The number of nitrogens with zero attached hydrogens (tertiary/aromatic N) is 4. The highest BCUT2D eigenvalue weighted by atomic mass is 32.2. The topological polar surface area (TPSA) is 89.2 Å². The summed E-state index contributed by atoms with van der Waals surface area (Å²) in [6, 6.07) is 3.20. The van der Waals surface area contributed by atoms with E-state index >= 15 is 0 Å². The van der Waals surface area contributed by atoms with Gasteiger partial charge in [0, 0.05) is 24.4 Å². The molecular weight excluding hydrogens is 316 g/mol. The Balaban J connectivity index is 1.57. The van der Waals surface area contributed by atoms with Crippen LogP contribution in [0.2, 0.25) is 0 Å². The summed E-state index contributed by atoms with van der Waals surface area (Å²) in [6.07, 6.45) is 7.99. The van der Waals surface area contributed by atoms with E-state index in [9.17, 15) is 8.42 Å². The zero-order chi connectivity index (χ0) is 15.9. The van der Waals surface area contributed by atoms with Crippen LogP contribution in [-0.4, -0.2) is 33.9 Å². The summed E-state index contributed by atoms with van der Waals surface area (Å²) in [7, 11) is -3.60. The van der Waals surface area contributed by atoms with Gasteiger partial charge in [-0.2, -0.15) is 4.31 Å². The summed E-state index contributed by atoms with van der Waals surface area (Å²) >= 11 is 0. The van der Waals surface area contributed by atoms with E-state index in [1.165, 1.54) is 16.9 Å². The number of hydrogen-bond donors (Lipinski definition) is 0. The number of aromatic nitrogens is 3. The van der Waals surface area contributed by atoms with Gasteiger partial charge in [-0.3, -0.25) is 4.98 Å². The maximum atomic E-state index is 12.8. The molecule has 0 bridgehead atoms. The first kappa shape index (κ1) is 14.8. The number of rotatable bonds is 6. The van der Waals surface area contributed by atoms with Crippen LogP contribution in [0.25, 0.3) is 0 Å². The number of sulfonamides is 1. The van der Waals surface area contributed by atoms with Crippen molar-refractivity contribution in [2.75, 3.05) is 0 Å². The molecule has 2 aliphatic carbocycles. The average molecular weight is 334 g/mol. The first-order valence-electron chi connectivity index (χ1n) is 7.89. The lowest BCUT2D eigenvalue weighted by Gasteiger charge is -2.21. The van der Waals surface area contributed by atoms with E-state index in [1.54, 1.807) is 18.3 Å². The van der Waals surface area contributed by atoms with E-state index in [4.69, 9.17) is 4.42 Å². The van der Waals surface area contributed by atoms with E-state index < -0.39 is 10.0 Å². The molecule has 23 heavy (non-hydrogen) atoms. The third kappa shape index (κ3) is 2.88. The van der Waals surface area contributed by atoms with Crippen LogP contribution in [0.3, 0.4) is 0 Å². The molecule has 0 N–H and O–H groups in total. The van der Waals surface area contributed by atoms with Crippen LogP contribution < -0.4 is 0 Å². The SMILES string of the molecule is O=S(=O)(c1cccnc1)N(Cc1nnc(C2CCC2)o1)C1CC1. The number of pyridine rings is 1. The van der Waals surface area contributed by atoms with Crippen LogP contribution in [0, 0.1) is 0 Å². The lowest BCUT2D eigenvalue weighted by atomic mass is 9.85. The van der Waals surface area contributed by atoms with Crippen LogP contribution in [0.1, 0.15) is 49.8 Å². The van der Waals surface area contributed by atoms with Gasteiger partial charge in [0.1, 0.15) is 4.90 Å². The average Bonchev–Trinajstić information content (AvgIpc) is 3.24. The fourth-order valence-electron chi connectivity index (χ4n) is 2.69. The molecule has 0 atom stereocenters. The molecule has 122 valence electrons. The molecule has 0 radical (unpaired) electrons. The molecular formula is C15H18N4O3S. The molecule has 2 aromatic heterocycles. The Hall–Kier alpha value is -1.80. The van der Waals surface area contributed by atoms with Gasteiger partial charge in [0.25, 0.3) is 0 Å². The molecule has 2 saturated carbocycles. The molecule has 2 aliphatic rings. The van der Waals surface area contributed by atoms with E-state index in [1.807, 2.05) is 0 Å². The second kappa shape index (κ2) is 5.68. The highest BCUT2D eigenvalue weighted by molar-refractivity contribution is 7.89. The Morgan fingerprint density at radius 1 is 1.22 bits per heavy atom. The minimum atomic E-state index is -3.60. The third-order valence-corrected chi connectivity index (χ3v) is 6.31. The lowest BCUT2D eigenvalue weighted by molar-refractivity contribution is 0.300. The molecule has 0 spiro atoms. The van der Waals surface area contributed by atoms with Crippen LogP contribution >= 0.6 is 0 Å². The van der Waals surface area contributed by atoms with Gasteiger partial charge in [0.05, 0.1) is 6.54 Å². The molecule has 8 heteroatoms. The normalized spacial score (nSPS) is 19.0. The zero-order valence-electron chi connectivity index (χ0n) is 12.6. The van der Waals surface area contributed by atoms with Crippen molar-refractivity contribution in [1.29, 1.82) is 0 Å². The van der Waals surface area contributed by atoms with E-state index in [2.05, 4.69) is 15.2 Å². The quantitative estimate of drug-likeness (QED) is 0.803. The summed E-state index contributed by atoms with van der Waals surface area (Å²) in [5, 5.41) is 8.11. The van der Waals surface area contributed by atoms with E-state index in [0.29, 0.717) is 17.7 Å². The molecule has 0 saturated heterocycles. The molecule has 2 aromatic rings. The van der Waals surface area contributed by atoms with Crippen molar-refractivity contribution in [2.24, 2.45) is 0 Å². The largest absolute Gasteiger partial charge is 0.424 e. The Morgan fingerprint density at radius 2 is 2.04 bits per heavy atom. The Morgan fingerprint density at radius 3 is 2.65 bits per heavy atom. The van der Waals surface area contributed by atoms with Gasteiger partial charge in [0.2, 0.25) is 21.8 Å². The van der Waals surface area contributed by atoms with Gasteiger partial charge in [0.15, 0.2) is 0 Å². The van der Waals surface area contributed by atoms with Gasteiger partial charge >= 0.3 is 0 Å². The molecule has 0 unspecified atom stereocenters. The van der Waals surface area contributed by atoms with Gasteiger partial charge in [-0.25, -0.2) is 8.42 Å². The highest BCUT2D eigenvalue weighted by Crippen LogP contribution is 2.36. The summed E-state index contributed by atoms with van der Waals surface area (Å²) in [6.45, 7) is 0.127. The Bertz CT molecular complexity index is 782. The van der Waals surface area contributed by atoms with Gasteiger partial charge in [-0.15, -0.1) is 10.2 Å². The summed E-state index contributed by atoms with van der Waals surface area (Å²) in [5.41, 5.74) is 0. The van der Waals surface area contributed by atoms with Crippen molar-refractivity contribution in [2.45, 2.75) is 55.5 Å². The molecule has 2 fully saturated rings. The van der Waals surface area contributed by atoms with Crippen molar-refractivity contribution < 1.29 is 12.8 Å². The summed E-state index contributed by atoms with van der Waals surface area (Å²) in [5.74, 6) is 1.35. The van der Waals surface area contributed by atoms with Crippen LogP contribution in [0.15, 0.2) is 33.8 Å². The number of hydrogen-bond acceptors (Lipinski definition) is 6. The molecule has 2 heterocycles. The van der Waals surface area contributed by atoms with Crippen LogP contribution in [0.4, 0.5) is 0 Å². The fraction of sp³-hybridized carbons (Fsp3) is 0.533. The summed E-state index contributed by atoms with van der Waals surface area (Å²) in [4.78, 5) is 4.11. The van der Waals surface area contributed by atoms with Crippen LogP contribution in [0.5, 0.6) is 0 Å². The van der Waals surface area contributed by atoms with Gasteiger partial charge in [-0.05, 0) is 37.8 Å². The highest BCUT2D eigenvalue weighted by Gasteiger charge is 2.39. The zero-order valence-corrected chi connectivity index (χ0v) is 13.4. The van der Waals surface area contributed by atoms with Gasteiger partial charge in [-0.1, -0.05) is 6.42 Å². The minimum absolute atomic E-state index is 0.0132. The molecule has 0 aliphatic heterocycles. The standard InChI is InChI=1S/C15H18N4O3S/c20-23(21,13-5-2-8-16-9-13)19(12-6-7-12)10-14-17-18-15(22-14)11-3-1-4-11/h2,5,8-9,11-12H,1,3-4,6-7,10H2. The minimum Gasteiger partial charge on any atom is -0.424 e. The molecule has 7 nitrogen and oxygen atoms in total. The Kier molecular flexibility index (Phi) is 3.65. The molecule has 0 amide bonds. The summed E-state index contributed by atoms with van der Waals surface area (Å²) < 4.78 is 32.8. The molecule has 4 rings (SSSR count). The van der Waals surface area contributed by atoms with Crippen molar-refractivity contribution in [3.05, 3.63) is 36.3 Å². The fourth-order valence-corrected chi connectivity index (χ4v) is 4.29.